The summed E-state index contributed by atoms with van der Waals surface area (Å²) in [7, 11) is 0. The first-order valence-corrected chi connectivity index (χ1v) is 9.95. The smallest absolute Gasteiger partial charge is 0.320 e. The molecule has 0 saturated carbocycles. The molecule has 3 unspecified atom stereocenters. The highest BCUT2D eigenvalue weighted by molar-refractivity contribution is 7.99. The Morgan fingerprint density at radius 3 is 2.68 bits per heavy atom. The van der Waals surface area contributed by atoms with Gasteiger partial charge in [-0.1, -0.05) is 0 Å². The van der Waals surface area contributed by atoms with Crippen LogP contribution in [0.1, 0.15) is 45.4 Å². The SMILES string of the molecule is CC1NC(=O)NC1CSCCCCC(=O)NCCCCC(N)C(=O)O. The van der Waals surface area contributed by atoms with Crippen molar-refractivity contribution in [3.05, 3.63) is 0 Å². The monoisotopic (exact) mass is 374 g/mol. The summed E-state index contributed by atoms with van der Waals surface area (Å²) < 4.78 is 0. The van der Waals surface area contributed by atoms with Crippen LogP contribution in [-0.2, 0) is 9.59 Å². The van der Waals surface area contributed by atoms with E-state index in [-0.39, 0.29) is 24.0 Å². The van der Waals surface area contributed by atoms with E-state index in [4.69, 9.17) is 10.8 Å². The predicted octanol–water partition coefficient (Wildman–Crippen LogP) is 0.658. The lowest BCUT2D eigenvalue weighted by atomic mass is 10.1. The molecule has 3 amide bonds. The number of nitrogens with two attached hydrogens (primary N) is 1. The maximum absolute atomic E-state index is 11.7. The van der Waals surface area contributed by atoms with E-state index in [1.54, 1.807) is 11.8 Å². The molecule has 9 heteroatoms. The maximum atomic E-state index is 11.7. The molecule has 1 heterocycles. The number of hydrogen-bond acceptors (Lipinski definition) is 5. The molecule has 3 atom stereocenters. The second-order valence-electron chi connectivity index (χ2n) is 6.34. The van der Waals surface area contributed by atoms with Crippen molar-refractivity contribution in [2.24, 2.45) is 5.73 Å². The van der Waals surface area contributed by atoms with Gasteiger partial charge in [-0.15, -0.1) is 0 Å². The number of carbonyl (C=O) groups excluding carboxylic acids is 2. The fourth-order valence-electron chi connectivity index (χ4n) is 2.46. The molecule has 1 aliphatic rings. The third kappa shape index (κ3) is 9.54. The molecule has 144 valence electrons. The van der Waals surface area contributed by atoms with E-state index in [9.17, 15) is 14.4 Å². The number of unbranched alkanes of at least 4 members (excludes halogenated alkanes) is 2. The second-order valence-corrected chi connectivity index (χ2v) is 7.49. The van der Waals surface area contributed by atoms with Gasteiger partial charge in [0.1, 0.15) is 6.04 Å². The number of urea groups is 1. The Morgan fingerprint density at radius 2 is 2.04 bits per heavy atom. The van der Waals surface area contributed by atoms with E-state index in [1.165, 1.54) is 0 Å². The van der Waals surface area contributed by atoms with Gasteiger partial charge in [-0.2, -0.15) is 11.8 Å². The Morgan fingerprint density at radius 1 is 1.28 bits per heavy atom. The van der Waals surface area contributed by atoms with Gasteiger partial charge in [-0.25, -0.2) is 4.79 Å². The van der Waals surface area contributed by atoms with Crippen molar-refractivity contribution in [3.8, 4) is 0 Å². The van der Waals surface area contributed by atoms with Gasteiger partial charge in [0, 0.05) is 24.8 Å². The molecule has 1 saturated heterocycles. The quantitative estimate of drug-likeness (QED) is 0.301. The van der Waals surface area contributed by atoms with Crippen molar-refractivity contribution in [2.75, 3.05) is 18.1 Å². The Bertz CT molecular complexity index is 450. The number of hydrogen-bond donors (Lipinski definition) is 5. The molecule has 0 aromatic carbocycles. The molecule has 0 aliphatic carbocycles. The van der Waals surface area contributed by atoms with Crippen molar-refractivity contribution in [1.29, 1.82) is 0 Å². The third-order valence-electron chi connectivity index (χ3n) is 4.10. The highest BCUT2D eigenvalue weighted by atomic mass is 32.2. The van der Waals surface area contributed by atoms with Gasteiger partial charge in [0.05, 0.1) is 6.04 Å². The first kappa shape index (κ1) is 21.6. The van der Waals surface area contributed by atoms with Crippen LogP contribution in [0.25, 0.3) is 0 Å². The van der Waals surface area contributed by atoms with E-state index >= 15 is 0 Å². The number of amides is 3. The number of carbonyl (C=O) groups is 3. The summed E-state index contributed by atoms with van der Waals surface area (Å²) >= 11 is 1.79. The molecular weight excluding hydrogens is 344 g/mol. The van der Waals surface area contributed by atoms with Gasteiger partial charge in [-0.05, 0) is 44.8 Å². The Labute approximate surface area is 153 Å². The van der Waals surface area contributed by atoms with Crippen molar-refractivity contribution in [3.63, 3.8) is 0 Å². The summed E-state index contributed by atoms with van der Waals surface area (Å²) in [6.07, 6.45) is 4.17. The van der Waals surface area contributed by atoms with E-state index in [0.717, 1.165) is 30.8 Å². The number of thioether (sulfide) groups is 1. The fourth-order valence-corrected chi connectivity index (χ4v) is 3.66. The Balaban J connectivity index is 1.90. The number of aliphatic carboxylic acids is 1. The van der Waals surface area contributed by atoms with Crippen LogP contribution in [0.5, 0.6) is 0 Å². The molecule has 1 fully saturated rings. The maximum Gasteiger partial charge on any atom is 0.320 e. The Kier molecular flexibility index (Phi) is 10.3. The molecule has 0 radical (unpaired) electrons. The number of rotatable bonds is 13. The summed E-state index contributed by atoms with van der Waals surface area (Å²) in [5, 5.41) is 17.2. The third-order valence-corrected chi connectivity index (χ3v) is 5.27. The van der Waals surface area contributed by atoms with Crippen LogP contribution in [-0.4, -0.2) is 59.2 Å². The lowest BCUT2D eigenvalue weighted by molar-refractivity contribution is -0.138. The lowest BCUT2D eigenvalue weighted by Crippen LogP contribution is -2.33. The molecule has 0 bridgehead atoms. The van der Waals surface area contributed by atoms with Crippen LogP contribution in [0.2, 0.25) is 0 Å². The van der Waals surface area contributed by atoms with Crippen molar-refractivity contribution < 1.29 is 19.5 Å². The molecule has 0 aromatic heterocycles. The minimum absolute atomic E-state index is 0.0356. The van der Waals surface area contributed by atoms with Gasteiger partial charge in [-0.3, -0.25) is 9.59 Å². The molecule has 6 N–H and O–H groups in total. The predicted molar refractivity (Wildman–Crippen MR) is 98.6 cm³/mol. The fraction of sp³-hybridized carbons (Fsp3) is 0.812. The number of nitrogens with one attached hydrogen (secondary N) is 3. The van der Waals surface area contributed by atoms with E-state index < -0.39 is 12.0 Å². The summed E-state index contributed by atoms with van der Waals surface area (Å²) in [4.78, 5) is 33.4. The van der Waals surface area contributed by atoms with Crippen molar-refractivity contribution in [2.45, 2.75) is 63.6 Å². The lowest BCUT2D eigenvalue weighted by Gasteiger charge is -2.13. The highest BCUT2D eigenvalue weighted by Crippen LogP contribution is 2.12. The van der Waals surface area contributed by atoms with Crippen LogP contribution < -0.4 is 21.7 Å². The first-order chi connectivity index (χ1) is 11.9. The van der Waals surface area contributed by atoms with E-state index in [0.29, 0.717) is 25.8 Å². The molecular formula is C16H30N4O4S. The van der Waals surface area contributed by atoms with Crippen molar-refractivity contribution in [1.82, 2.24) is 16.0 Å². The van der Waals surface area contributed by atoms with Gasteiger partial charge >= 0.3 is 12.0 Å². The average molecular weight is 375 g/mol. The average Bonchev–Trinajstić information content (AvgIpc) is 2.87. The molecule has 1 aliphatic heterocycles. The molecule has 25 heavy (non-hydrogen) atoms. The summed E-state index contributed by atoms with van der Waals surface area (Å²) in [6.45, 7) is 2.55. The Hall–Kier alpha value is -1.48. The zero-order valence-electron chi connectivity index (χ0n) is 14.8. The second kappa shape index (κ2) is 12.0. The topological polar surface area (TPSA) is 134 Å². The van der Waals surface area contributed by atoms with Gasteiger partial charge in [0.15, 0.2) is 0 Å². The van der Waals surface area contributed by atoms with Crippen LogP contribution >= 0.6 is 11.8 Å². The largest absolute Gasteiger partial charge is 0.480 e. The van der Waals surface area contributed by atoms with Gasteiger partial charge < -0.3 is 26.8 Å². The zero-order chi connectivity index (χ0) is 18.7. The van der Waals surface area contributed by atoms with Crippen molar-refractivity contribution >= 4 is 29.7 Å². The van der Waals surface area contributed by atoms with Crippen LogP contribution in [0, 0.1) is 0 Å². The summed E-state index contributed by atoms with van der Waals surface area (Å²) in [5.74, 6) is 0.903. The summed E-state index contributed by atoms with van der Waals surface area (Å²) in [6, 6.07) is -0.574. The standard InChI is InChI=1S/C16H30N4O4S/c1-11-13(20-16(24)19-11)10-25-9-5-3-7-14(21)18-8-4-2-6-12(17)15(22)23/h11-13H,2-10,17H2,1H3,(H,18,21)(H,22,23)(H2,19,20,24). The van der Waals surface area contributed by atoms with Gasteiger partial charge in [0.2, 0.25) is 5.91 Å². The van der Waals surface area contributed by atoms with Crippen LogP contribution in [0.15, 0.2) is 0 Å². The number of carboxylic acids is 1. The normalized spacial score (nSPS) is 20.6. The summed E-state index contributed by atoms with van der Waals surface area (Å²) in [5.41, 5.74) is 5.41. The number of carboxylic acid groups (broad SMARTS) is 1. The van der Waals surface area contributed by atoms with Gasteiger partial charge in [0.25, 0.3) is 0 Å². The van der Waals surface area contributed by atoms with Crippen LogP contribution in [0.4, 0.5) is 4.79 Å². The zero-order valence-corrected chi connectivity index (χ0v) is 15.6. The molecule has 0 spiro atoms. The molecule has 1 rings (SSSR count). The van der Waals surface area contributed by atoms with E-state index in [2.05, 4.69) is 16.0 Å². The highest BCUT2D eigenvalue weighted by Gasteiger charge is 2.27. The van der Waals surface area contributed by atoms with Crippen LogP contribution in [0.3, 0.4) is 0 Å². The molecule has 0 aromatic rings. The van der Waals surface area contributed by atoms with E-state index in [1.807, 2.05) is 6.92 Å². The molecule has 8 nitrogen and oxygen atoms in total. The first-order valence-electron chi connectivity index (χ1n) is 8.80. The minimum atomic E-state index is -0.983. The minimum Gasteiger partial charge on any atom is -0.480 e.